The zero-order chi connectivity index (χ0) is 11.7. The van der Waals surface area contributed by atoms with Gasteiger partial charge >= 0.3 is 5.97 Å². The van der Waals surface area contributed by atoms with Crippen molar-refractivity contribution in [3.63, 3.8) is 0 Å². The molecule has 2 aromatic rings. The van der Waals surface area contributed by atoms with Crippen LogP contribution in [0.5, 0.6) is 0 Å². The predicted octanol–water partition coefficient (Wildman–Crippen LogP) is 2.87. The van der Waals surface area contributed by atoms with Gasteiger partial charge in [0.25, 0.3) is 0 Å². The summed E-state index contributed by atoms with van der Waals surface area (Å²) >= 11 is 7.23. The average molecular weight is 255 g/mol. The summed E-state index contributed by atoms with van der Waals surface area (Å²) in [6.45, 7) is 1.71. The summed E-state index contributed by atoms with van der Waals surface area (Å²) in [6, 6.07) is 3.41. The third-order valence-corrected chi connectivity index (χ3v) is 3.24. The molecule has 2 rings (SSSR count). The fraction of sp³-hybridized carbons (Fsp3) is 0.100. The SMILES string of the molecule is Cc1sc(-c2ncccc2Cl)nc1C(=O)O. The molecule has 0 aliphatic carbocycles. The molecule has 4 nitrogen and oxygen atoms in total. The molecule has 0 saturated carbocycles. The molecule has 1 N–H and O–H groups in total. The van der Waals surface area contributed by atoms with Gasteiger partial charge < -0.3 is 5.11 Å². The Bertz CT molecular complexity index is 554. The molecule has 0 saturated heterocycles. The van der Waals surface area contributed by atoms with Gasteiger partial charge in [-0.2, -0.15) is 0 Å². The van der Waals surface area contributed by atoms with Crippen LogP contribution in [0.4, 0.5) is 0 Å². The van der Waals surface area contributed by atoms with Gasteiger partial charge in [-0.15, -0.1) is 11.3 Å². The maximum absolute atomic E-state index is 10.8. The lowest BCUT2D eigenvalue weighted by molar-refractivity contribution is 0.0690. The van der Waals surface area contributed by atoms with Crippen molar-refractivity contribution in [3.05, 3.63) is 33.9 Å². The van der Waals surface area contributed by atoms with Gasteiger partial charge in [0.05, 0.1) is 5.02 Å². The number of hydrogen-bond donors (Lipinski definition) is 1. The second-order valence-electron chi connectivity index (χ2n) is 3.06. The highest BCUT2D eigenvalue weighted by atomic mass is 35.5. The summed E-state index contributed by atoms with van der Waals surface area (Å²) < 4.78 is 0. The number of nitrogens with zero attached hydrogens (tertiary/aromatic N) is 2. The van der Waals surface area contributed by atoms with E-state index >= 15 is 0 Å². The summed E-state index contributed by atoms with van der Waals surface area (Å²) in [7, 11) is 0. The quantitative estimate of drug-likeness (QED) is 0.895. The molecule has 2 aromatic heterocycles. The number of aryl methyl sites for hydroxylation is 1. The molecule has 6 heteroatoms. The van der Waals surface area contributed by atoms with Crippen molar-refractivity contribution in [1.29, 1.82) is 0 Å². The molecule has 0 aliphatic heterocycles. The zero-order valence-corrected chi connectivity index (χ0v) is 9.84. The maximum atomic E-state index is 10.8. The molecule has 0 atom stereocenters. The van der Waals surface area contributed by atoms with E-state index in [1.54, 1.807) is 25.3 Å². The van der Waals surface area contributed by atoms with Crippen LogP contribution in [0.15, 0.2) is 18.3 Å². The van der Waals surface area contributed by atoms with E-state index in [0.29, 0.717) is 20.6 Å². The number of pyridine rings is 1. The largest absolute Gasteiger partial charge is 0.476 e. The molecule has 0 aromatic carbocycles. The maximum Gasteiger partial charge on any atom is 0.355 e. The van der Waals surface area contributed by atoms with Crippen molar-refractivity contribution in [2.24, 2.45) is 0 Å². The highest BCUT2D eigenvalue weighted by molar-refractivity contribution is 7.15. The van der Waals surface area contributed by atoms with Crippen molar-refractivity contribution < 1.29 is 9.90 Å². The van der Waals surface area contributed by atoms with E-state index in [4.69, 9.17) is 16.7 Å². The topological polar surface area (TPSA) is 63.1 Å². The lowest BCUT2D eigenvalue weighted by Crippen LogP contribution is -1.98. The van der Waals surface area contributed by atoms with Gasteiger partial charge in [0.2, 0.25) is 0 Å². The molecule has 0 amide bonds. The highest BCUT2D eigenvalue weighted by Gasteiger charge is 2.17. The van der Waals surface area contributed by atoms with E-state index in [1.807, 2.05) is 0 Å². The summed E-state index contributed by atoms with van der Waals surface area (Å²) in [5.41, 5.74) is 0.575. The van der Waals surface area contributed by atoms with E-state index in [-0.39, 0.29) is 5.69 Å². The van der Waals surface area contributed by atoms with E-state index in [1.165, 1.54) is 11.3 Å². The van der Waals surface area contributed by atoms with E-state index in [2.05, 4.69) is 9.97 Å². The number of carboxylic acid groups (broad SMARTS) is 1. The molecule has 2 heterocycles. The van der Waals surface area contributed by atoms with Gasteiger partial charge in [0.1, 0.15) is 10.7 Å². The van der Waals surface area contributed by atoms with Gasteiger partial charge in [-0.1, -0.05) is 11.6 Å². The number of rotatable bonds is 2. The minimum atomic E-state index is -1.04. The first-order valence-electron chi connectivity index (χ1n) is 4.41. The van der Waals surface area contributed by atoms with E-state index < -0.39 is 5.97 Å². The molecular weight excluding hydrogens is 248 g/mol. The van der Waals surface area contributed by atoms with Crippen molar-refractivity contribution in [2.75, 3.05) is 0 Å². The molecule has 82 valence electrons. The minimum absolute atomic E-state index is 0.0571. The third-order valence-electron chi connectivity index (χ3n) is 1.96. The molecule has 0 unspecified atom stereocenters. The van der Waals surface area contributed by atoms with Crippen molar-refractivity contribution in [2.45, 2.75) is 6.92 Å². The van der Waals surface area contributed by atoms with E-state index in [9.17, 15) is 4.79 Å². The molecule has 16 heavy (non-hydrogen) atoms. The zero-order valence-electron chi connectivity index (χ0n) is 8.27. The number of aromatic nitrogens is 2. The van der Waals surface area contributed by atoms with Crippen LogP contribution in [-0.2, 0) is 0 Å². The van der Waals surface area contributed by atoms with Crippen molar-refractivity contribution >= 4 is 28.9 Å². The number of carboxylic acids is 1. The normalized spacial score (nSPS) is 10.4. The summed E-state index contributed by atoms with van der Waals surface area (Å²) in [5, 5.41) is 9.88. The Morgan fingerprint density at radius 2 is 2.31 bits per heavy atom. The van der Waals surface area contributed by atoms with Crippen molar-refractivity contribution in [3.8, 4) is 10.7 Å². The predicted molar refractivity (Wildman–Crippen MR) is 62.1 cm³/mol. The van der Waals surface area contributed by atoms with Gasteiger partial charge in [-0.25, -0.2) is 9.78 Å². The molecule has 0 aliphatic rings. The summed E-state index contributed by atoms with van der Waals surface area (Å²) in [5.74, 6) is -1.04. The number of aromatic carboxylic acids is 1. The second-order valence-corrected chi connectivity index (χ2v) is 4.67. The Kier molecular flexibility index (Phi) is 2.89. The lowest BCUT2D eigenvalue weighted by Gasteiger charge is -1.96. The van der Waals surface area contributed by atoms with Crippen LogP contribution >= 0.6 is 22.9 Å². The Hall–Kier alpha value is -1.46. The smallest absolute Gasteiger partial charge is 0.355 e. The Morgan fingerprint density at radius 1 is 1.56 bits per heavy atom. The van der Waals surface area contributed by atoms with Gasteiger partial charge in [-0.3, -0.25) is 4.98 Å². The van der Waals surface area contributed by atoms with E-state index in [0.717, 1.165) is 0 Å². The Morgan fingerprint density at radius 3 is 2.88 bits per heavy atom. The molecule has 0 fully saturated rings. The standard InChI is InChI=1S/C10H7ClN2O2S/c1-5-7(10(14)15)13-9(16-5)8-6(11)3-2-4-12-8/h2-4H,1H3,(H,14,15). The number of carbonyl (C=O) groups is 1. The molecule has 0 bridgehead atoms. The number of halogens is 1. The first-order chi connectivity index (χ1) is 7.59. The Balaban J connectivity index is 2.54. The molecule has 0 spiro atoms. The Labute approximate surface area is 101 Å². The monoisotopic (exact) mass is 254 g/mol. The van der Waals surface area contributed by atoms with Crippen LogP contribution < -0.4 is 0 Å². The minimum Gasteiger partial charge on any atom is -0.476 e. The van der Waals surface area contributed by atoms with Gasteiger partial charge in [0, 0.05) is 11.1 Å². The second kappa shape index (κ2) is 4.19. The van der Waals surface area contributed by atoms with Crippen molar-refractivity contribution in [1.82, 2.24) is 9.97 Å². The fourth-order valence-corrected chi connectivity index (χ4v) is 2.42. The average Bonchev–Trinajstić information content (AvgIpc) is 2.61. The van der Waals surface area contributed by atoms with Crippen LogP contribution in [0, 0.1) is 6.92 Å². The van der Waals surface area contributed by atoms with Crippen LogP contribution in [-0.4, -0.2) is 21.0 Å². The van der Waals surface area contributed by atoms with Gasteiger partial charge in [-0.05, 0) is 19.1 Å². The fourth-order valence-electron chi connectivity index (χ4n) is 1.24. The lowest BCUT2D eigenvalue weighted by atomic mass is 10.3. The van der Waals surface area contributed by atoms with Crippen LogP contribution in [0.2, 0.25) is 5.02 Å². The van der Waals surface area contributed by atoms with Crippen LogP contribution in [0.1, 0.15) is 15.4 Å². The first-order valence-corrected chi connectivity index (χ1v) is 5.60. The number of thiazole rings is 1. The highest BCUT2D eigenvalue weighted by Crippen LogP contribution is 2.30. The third kappa shape index (κ3) is 1.91. The summed E-state index contributed by atoms with van der Waals surface area (Å²) in [6.07, 6.45) is 1.60. The molecular formula is C10H7ClN2O2S. The first kappa shape index (κ1) is 11.0. The molecule has 0 radical (unpaired) electrons. The number of hydrogen-bond acceptors (Lipinski definition) is 4. The summed E-state index contributed by atoms with van der Waals surface area (Å²) in [4.78, 5) is 19.6. The van der Waals surface area contributed by atoms with Crippen LogP contribution in [0.3, 0.4) is 0 Å². The van der Waals surface area contributed by atoms with Crippen LogP contribution in [0.25, 0.3) is 10.7 Å². The van der Waals surface area contributed by atoms with Gasteiger partial charge in [0.15, 0.2) is 5.69 Å².